The number of aryl methyl sites for hydroxylation is 2. The molecule has 0 amide bonds. The zero-order chi connectivity index (χ0) is 14.3. The number of aromatic nitrogens is 1. The molecule has 20 heavy (non-hydrogen) atoms. The van der Waals surface area contributed by atoms with Crippen LogP contribution in [0, 0.1) is 13.8 Å². The normalized spacial score (nSPS) is 31.7. The predicted octanol–water partition coefficient (Wildman–Crippen LogP) is 2.96. The molecule has 0 radical (unpaired) electrons. The summed E-state index contributed by atoms with van der Waals surface area (Å²) in [4.78, 5) is 2.74. The second-order valence-electron chi connectivity index (χ2n) is 6.47. The minimum atomic E-state index is 0.432. The van der Waals surface area contributed by atoms with Gasteiger partial charge in [-0.2, -0.15) is 0 Å². The van der Waals surface area contributed by atoms with Crippen LogP contribution < -0.4 is 5.32 Å². The number of hydrogen-bond donors (Lipinski definition) is 1. The molecule has 2 fully saturated rings. The summed E-state index contributed by atoms with van der Waals surface area (Å²) in [6.07, 6.45) is 5.27. The van der Waals surface area contributed by atoms with Gasteiger partial charge in [-0.1, -0.05) is 12.1 Å². The summed E-state index contributed by atoms with van der Waals surface area (Å²) in [5, 5.41) is 7.78. The number of nitrogens with zero attached hydrogens (tertiary/aromatic N) is 2. The van der Waals surface area contributed by atoms with Gasteiger partial charge in [0, 0.05) is 29.7 Å². The van der Waals surface area contributed by atoms with Crippen LogP contribution in [0.5, 0.6) is 0 Å². The molecule has 112 valence electrons. The average Bonchev–Trinajstić information content (AvgIpc) is 2.88. The molecule has 1 N–H and O–H groups in total. The van der Waals surface area contributed by atoms with Crippen molar-refractivity contribution in [3.8, 4) is 0 Å². The van der Waals surface area contributed by atoms with Crippen molar-refractivity contribution in [1.82, 2.24) is 15.4 Å². The minimum Gasteiger partial charge on any atom is -0.361 e. The third-order valence-electron chi connectivity index (χ3n) is 5.24. The van der Waals surface area contributed by atoms with E-state index >= 15 is 0 Å². The van der Waals surface area contributed by atoms with Crippen LogP contribution in [-0.2, 0) is 0 Å². The fraction of sp³-hybridized carbons (Fsp3) is 0.812. The highest BCUT2D eigenvalue weighted by Crippen LogP contribution is 2.42. The van der Waals surface area contributed by atoms with Crippen LogP contribution in [0.15, 0.2) is 4.52 Å². The van der Waals surface area contributed by atoms with E-state index in [1.54, 1.807) is 0 Å². The third kappa shape index (κ3) is 2.29. The van der Waals surface area contributed by atoms with E-state index in [1.165, 1.54) is 31.2 Å². The quantitative estimate of drug-likeness (QED) is 0.918. The Morgan fingerprint density at radius 2 is 1.95 bits per heavy atom. The molecule has 2 aliphatic rings. The molecule has 1 aromatic heterocycles. The highest BCUT2D eigenvalue weighted by atomic mass is 16.5. The standard InChI is InChI=1S/C16H27N3O/c1-5-17-13-8-14-6-7-15(9-13)19(14)11(3)16-10(2)18-20-12(16)4/h11,13-15,17H,5-9H2,1-4H3. The zero-order valence-corrected chi connectivity index (χ0v) is 13.1. The molecule has 2 saturated heterocycles. The van der Waals surface area contributed by atoms with Crippen LogP contribution >= 0.6 is 0 Å². The second kappa shape index (κ2) is 5.49. The summed E-state index contributed by atoms with van der Waals surface area (Å²) in [5.74, 6) is 0.989. The van der Waals surface area contributed by atoms with Gasteiger partial charge >= 0.3 is 0 Å². The molecule has 0 spiro atoms. The Labute approximate surface area is 121 Å². The third-order valence-corrected chi connectivity index (χ3v) is 5.24. The number of fused-ring (bicyclic) bond motifs is 2. The molecule has 4 heteroatoms. The van der Waals surface area contributed by atoms with E-state index in [9.17, 15) is 0 Å². The smallest absolute Gasteiger partial charge is 0.138 e. The van der Waals surface area contributed by atoms with Crippen LogP contribution in [0.4, 0.5) is 0 Å². The molecule has 2 aliphatic heterocycles. The summed E-state index contributed by atoms with van der Waals surface area (Å²) in [5.41, 5.74) is 2.37. The van der Waals surface area contributed by atoms with Gasteiger partial charge in [0.25, 0.3) is 0 Å². The van der Waals surface area contributed by atoms with Crippen molar-refractivity contribution in [1.29, 1.82) is 0 Å². The van der Waals surface area contributed by atoms with Crippen LogP contribution in [0.3, 0.4) is 0 Å². The summed E-state index contributed by atoms with van der Waals surface area (Å²) in [6, 6.07) is 2.59. The Hall–Kier alpha value is -0.870. The highest BCUT2D eigenvalue weighted by molar-refractivity contribution is 5.25. The lowest BCUT2D eigenvalue weighted by Gasteiger charge is -2.42. The van der Waals surface area contributed by atoms with E-state index < -0.39 is 0 Å². The largest absolute Gasteiger partial charge is 0.361 e. The molecule has 3 heterocycles. The van der Waals surface area contributed by atoms with Gasteiger partial charge in [0.1, 0.15) is 5.76 Å². The van der Waals surface area contributed by atoms with Crippen LogP contribution in [-0.4, -0.2) is 34.7 Å². The Morgan fingerprint density at radius 1 is 1.30 bits per heavy atom. The molecule has 0 saturated carbocycles. The van der Waals surface area contributed by atoms with Crippen molar-refractivity contribution in [3.63, 3.8) is 0 Å². The van der Waals surface area contributed by atoms with Gasteiger partial charge < -0.3 is 9.84 Å². The Kier molecular flexibility index (Phi) is 3.87. The fourth-order valence-corrected chi connectivity index (χ4v) is 4.54. The van der Waals surface area contributed by atoms with Crippen LogP contribution in [0.1, 0.15) is 62.6 Å². The van der Waals surface area contributed by atoms with E-state index in [-0.39, 0.29) is 0 Å². The van der Waals surface area contributed by atoms with Gasteiger partial charge in [-0.15, -0.1) is 0 Å². The van der Waals surface area contributed by atoms with E-state index in [0.717, 1.165) is 30.1 Å². The van der Waals surface area contributed by atoms with Gasteiger partial charge in [-0.3, -0.25) is 4.90 Å². The highest BCUT2D eigenvalue weighted by Gasteiger charge is 2.43. The van der Waals surface area contributed by atoms with Crippen molar-refractivity contribution in [2.75, 3.05) is 6.54 Å². The molecule has 4 nitrogen and oxygen atoms in total. The first kappa shape index (κ1) is 14.1. The number of rotatable bonds is 4. The van der Waals surface area contributed by atoms with Gasteiger partial charge in [0.2, 0.25) is 0 Å². The molecular formula is C16H27N3O. The van der Waals surface area contributed by atoms with Gasteiger partial charge in [-0.25, -0.2) is 0 Å². The molecule has 3 atom stereocenters. The van der Waals surface area contributed by atoms with E-state index in [4.69, 9.17) is 4.52 Å². The Morgan fingerprint density at radius 3 is 2.45 bits per heavy atom. The lowest BCUT2D eigenvalue weighted by Crippen LogP contribution is -2.49. The number of nitrogens with one attached hydrogen (secondary N) is 1. The maximum atomic E-state index is 5.37. The predicted molar refractivity (Wildman–Crippen MR) is 79.7 cm³/mol. The van der Waals surface area contributed by atoms with E-state index in [0.29, 0.717) is 12.1 Å². The SMILES string of the molecule is CCNC1CC2CCC(C1)N2C(C)c1c(C)noc1C. The van der Waals surface area contributed by atoms with Gasteiger partial charge in [-0.05, 0) is 53.0 Å². The van der Waals surface area contributed by atoms with Crippen molar-refractivity contribution >= 4 is 0 Å². The van der Waals surface area contributed by atoms with Crippen molar-refractivity contribution in [2.24, 2.45) is 0 Å². The molecule has 0 aromatic carbocycles. The topological polar surface area (TPSA) is 41.3 Å². The lowest BCUT2D eigenvalue weighted by atomic mass is 9.93. The molecule has 1 aromatic rings. The molecule has 3 rings (SSSR count). The maximum absolute atomic E-state index is 5.37. The average molecular weight is 277 g/mol. The van der Waals surface area contributed by atoms with E-state index in [2.05, 4.69) is 36.1 Å². The molecular weight excluding hydrogens is 250 g/mol. The van der Waals surface area contributed by atoms with Gasteiger partial charge in [0.15, 0.2) is 0 Å². The van der Waals surface area contributed by atoms with Crippen molar-refractivity contribution < 1.29 is 4.52 Å². The second-order valence-corrected chi connectivity index (χ2v) is 6.47. The first-order chi connectivity index (χ1) is 9.61. The first-order valence-corrected chi connectivity index (χ1v) is 8.05. The summed E-state index contributed by atoms with van der Waals surface area (Å²) < 4.78 is 5.37. The molecule has 3 unspecified atom stereocenters. The van der Waals surface area contributed by atoms with Crippen LogP contribution in [0.25, 0.3) is 0 Å². The van der Waals surface area contributed by atoms with Crippen molar-refractivity contribution in [2.45, 2.75) is 77.5 Å². The Bertz CT molecular complexity index is 437. The number of hydrogen-bond acceptors (Lipinski definition) is 4. The Balaban J connectivity index is 1.79. The summed E-state index contributed by atoms with van der Waals surface area (Å²) in [6.45, 7) is 9.73. The number of piperidine rings is 1. The lowest BCUT2D eigenvalue weighted by molar-refractivity contribution is 0.0767. The van der Waals surface area contributed by atoms with Crippen molar-refractivity contribution in [3.05, 3.63) is 17.0 Å². The summed E-state index contributed by atoms with van der Waals surface area (Å²) >= 11 is 0. The summed E-state index contributed by atoms with van der Waals surface area (Å²) in [7, 11) is 0. The molecule has 0 aliphatic carbocycles. The minimum absolute atomic E-state index is 0.432. The van der Waals surface area contributed by atoms with Crippen LogP contribution in [0.2, 0.25) is 0 Å². The fourth-order valence-electron chi connectivity index (χ4n) is 4.54. The molecule has 2 bridgehead atoms. The maximum Gasteiger partial charge on any atom is 0.138 e. The zero-order valence-electron chi connectivity index (χ0n) is 13.1. The first-order valence-electron chi connectivity index (χ1n) is 8.05. The monoisotopic (exact) mass is 277 g/mol. The van der Waals surface area contributed by atoms with Gasteiger partial charge in [0.05, 0.1) is 5.69 Å². The van der Waals surface area contributed by atoms with E-state index in [1.807, 2.05) is 6.92 Å².